The van der Waals surface area contributed by atoms with Crippen molar-refractivity contribution in [2.75, 3.05) is 10.6 Å². The molecule has 0 saturated heterocycles. The van der Waals surface area contributed by atoms with E-state index in [0.29, 0.717) is 23.5 Å². The molecule has 0 aromatic heterocycles. The molecule has 0 aliphatic rings. The van der Waals surface area contributed by atoms with E-state index in [0.717, 1.165) is 11.3 Å². The molecule has 0 saturated carbocycles. The molecule has 0 bridgehead atoms. The molecule has 3 aromatic carbocycles. The van der Waals surface area contributed by atoms with Gasteiger partial charge in [0.25, 0.3) is 5.91 Å². The van der Waals surface area contributed by atoms with Gasteiger partial charge >= 0.3 is 6.03 Å². The maximum Gasteiger partial charge on any atom is 0.316 e. The Balaban J connectivity index is 1.55. The Morgan fingerprint density at radius 3 is 2.00 bits per heavy atom. The summed E-state index contributed by atoms with van der Waals surface area (Å²) >= 11 is 0. The Kier molecular flexibility index (Phi) is 5.69. The summed E-state index contributed by atoms with van der Waals surface area (Å²) in [6.45, 7) is 0.484. The van der Waals surface area contributed by atoms with Gasteiger partial charge in [-0.3, -0.25) is 4.79 Å². The van der Waals surface area contributed by atoms with Gasteiger partial charge in [0, 0.05) is 16.9 Å². The number of ether oxygens (including phenoxy) is 1. The minimum absolute atomic E-state index is 0.251. The fourth-order valence-electron chi connectivity index (χ4n) is 2.43. The quantitative estimate of drug-likeness (QED) is 0.619. The number of benzene rings is 3. The van der Waals surface area contributed by atoms with Crippen molar-refractivity contribution in [2.45, 2.75) is 6.61 Å². The Morgan fingerprint density at radius 2 is 1.37 bits per heavy atom. The number of amides is 3. The molecule has 136 valence electrons. The highest BCUT2D eigenvalue weighted by atomic mass is 16.5. The Labute approximate surface area is 157 Å². The first-order valence-corrected chi connectivity index (χ1v) is 8.35. The zero-order chi connectivity index (χ0) is 19.1. The maximum absolute atomic E-state index is 12.3. The van der Waals surface area contributed by atoms with Gasteiger partial charge in [-0.2, -0.15) is 0 Å². The van der Waals surface area contributed by atoms with Crippen molar-refractivity contribution in [1.82, 2.24) is 0 Å². The average Bonchev–Trinajstić information content (AvgIpc) is 2.68. The predicted molar refractivity (Wildman–Crippen MR) is 105 cm³/mol. The second-order valence-corrected chi connectivity index (χ2v) is 5.82. The molecule has 3 amide bonds. The van der Waals surface area contributed by atoms with Gasteiger partial charge in [0.1, 0.15) is 12.4 Å². The number of hydrogen-bond donors (Lipinski definition) is 3. The Hall–Kier alpha value is -3.80. The molecule has 0 atom stereocenters. The lowest BCUT2D eigenvalue weighted by atomic mass is 10.2. The van der Waals surface area contributed by atoms with Crippen LogP contribution in [-0.2, 0) is 6.61 Å². The highest BCUT2D eigenvalue weighted by molar-refractivity contribution is 6.04. The van der Waals surface area contributed by atoms with E-state index in [4.69, 9.17) is 10.5 Å². The van der Waals surface area contributed by atoms with Crippen molar-refractivity contribution in [3.05, 3.63) is 90.0 Å². The van der Waals surface area contributed by atoms with Crippen LogP contribution in [-0.4, -0.2) is 11.9 Å². The first-order chi connectivity index (χ1) is 13.1. The number of hydrogen-bond acceptors (Lipinski definition) is 3. The summed E-state index contributed by atoms with van der Waals surface area (Å²) in [5, 5.41) is 5.26. The molecule has 0 spiro atoms. The third-order valence-electron chi connectivity index (χ3n) is 3.78. The second kappa shape index (κ2) is 8.53. The average molecular weight is 361 g/mol. The number of primary amides is 1. The number of urea groups is 1. The van der Waals surface area contributed by atoms with Crippen molar-refractivity contribution in [3.8, 4) is 5.75 Å². The number of anilines is 2. The normalized spacial score (nSPS) is 10.1. The van der Waals surface area contributed by atoms with Crippen molar-refractivity contribution < 1.29 is 14.3 Å². The molecule has 0 aliphatic carbocycles. The van der Waals surface area contributed by atoms with E-state index in [-0.39, 0.29) is 5.91 Å². The minimum Gasteiger partial charge on any atom is -0.489 e. The van der Waals surface area contributed by atoms with Crippen LogP contribution in [0.4, 0.5) is 16.2 Å². The molecule has 4 N–H and O–H groups in total. The number of nitrogens with two attached hydrogens (primary N) is 1. The van der Waals surface area contributed by atoms with Crippen LogP contribution in [0.3, 0.4) is 0 Å². The molecular formula is C21H19N3O3. The molecule has 27 heavy (non-hydrogen) atoms. The lowest BCUT2D eigenvalue weighted by molar-refractivity contribution is 0.102. The zero-order valence-electron chi connectivity index (χ0n) is 14.5. The Bertz CT molecular complexity index is 908. The van der Waals surface area contributed by atoms with E-state index in [9.17, 15) is 9.59 Å². The van der Waals surface area contributed by atoms with Crippen LogP contribution in [0.5, 0.6) is 5.75 Å². The first kappa shape index (κ1) is 18.0. The standard InChI is InChI=1S/C21H19N3O3/c22-21(26)24-18-8-6-16(7-9-18)20(25)23-17-10-12-19(13-11-17)27-14-15-4-2-1-3-5-15/h1-13H,14H2,(H,23,25)(H3,22,24,26). The minimum atomic E-state index is -0.651. The third-order valence-corrected chi connectivity index (χ3v) is 3.78. The smallest absolute Gasteiger partial charge is 0.316 e. The van der Waals surface area contributed by atoms with Gasteiger partial charge < -0.3 is 21.1 Å². The Morgan fingerprint density at radius 1 is 0.778 bits per heavy atom. The summed E-state index contributed by atoms with van der Waals surface area (Å²) in [6, 6.07) is 22.8. The van der Waals surface area contributed by atoms with Crippen LogP contribution in [0.15, 0.2) is 78.9 Å². The van der Waals surface area contributed by atoms with Crippen LogP contribution in [0.2, 0.25) is 0 Å². The van der Waals surface area contributed by atoms with Gasteiger partial charge in [-0.25, -0.2) is 4.79 Å². The fourth-order valence-corrected chi connectivity index (χ4v) is 2.43. The van der Waals surface area contributed by atoms with E-state index in [2.05, 4.69) is 10.6 Å². The van der Waals surface area contributed by atoms with Crippen molar-refractivity contribution >= 4 is 23.3 Å². The number of carbonyl (C=O) groups is 2. The van der Waals surface area contributed by atoms with Crippen molar-refractivity contribution in [1.29, 1.82) is 0 Å². The number of carbonyl (C=O) groups excluding carboxylic acids is 2. The predicted octanol–water partition coefficient (Wildman–Crippen LogP) is 4.01. The molecule has 0 heterocycles. The van der Waals surface area contributed by atoms with E-state index in [1.54, 1.807) is 48.5 Å². The molecule has 0 radical (unpaired) electrons. The maximum atomic E-state index is 12.3. The number of rotatable bonds is 6. The lowest BCUT2D eigenvalue weighted by Gasteiger charge is -2.09. The highest BCUT2D eigenvalue weighted by Gasteiger charge is 2.07. The summed E-state index contributed by atoms with van der Waals surface area (Å²) in [7, 11) is 0. The molecule has 3 aromatic rings. The first-order valence-electron chi connectivity index (χ1n) is 8.35. The van der Waals surface area contributed by atoms with Crippen LogP contribution in [0, 0.1) is 0 Å². The molecule has 3 rings (SSSR count). The zero-order valence-corrected chi connectivity index (χ0v) is 14.5. The molecule has 6 nitrogen and oxygen atoms in total. The van der Waals surface area contributed by atoms with Gasteiger partial charge in [-0.1, -0.05) is 30.3 Å². The molecule has 0 aliphatic heterocycles. The van der Waals surface area contributed by atoms with Crippen molar-refractivity contribution in [3.63, 3.8) is 0 Å². The SMILES string of the molecule is NC(=O)Nc1ccc(C(=O)Nc2ccc(OCc3ccccc3)cc2)cc1. The second-order valence-electron chi connectivity index (χ2n) is 5.82. The van der Waals surface area contributed by atoms with Crippen molar-refractivity contribution in [2.24, 2.45) is 5.73 Å². The largest absolute Gasteiger partial charge is 0.489 e. The van der Waals surface area contributed by atoms with Gasteiger partial charge in [-0.05, 0) is 54.1 Å². The molecule has 0 fully saturated rings. The van der Waals surface area contributed by atoms with Gasteiger partial charge in [0.05, 0.1) is 0 Å². The summed E-state index contributed by atoms with van der Waals surface area (Å²) in [5.74, 6) is 0.470. The van der Waals surface area contributed by atoms with Gasteiger partial charge in [0.15, 0.2) is 0 Å². The lowest BCUT2D eigenvalue weighted by Crippen LogP contribution is -2.19. The summed E-state index contributed by atoms with van der Waals surface area (Å²) in [4.78, 5) is 23.1. The summed E-state index contributed by atoms with van der Waals surface area (Å²) < 4.78 is 5.72. The van der Waals surface area contributed by atoms with Crippen LogP contribution >= 0.6 is 0 Å². The third kappa shape index (κ3) is 5.34. The summed E-state index contributed by atoms with van der Waals surface area (Å²) in [6.07, 6.45) is 0. The van der Waals surface area contributed by atoms with Crippen LogP contribution in [0.25, 0.3) is 0 Å². The van der Waals surface area contributed by atoms with Crippen LogP contribution in [0.1, 0.15) is 15.9 Å². The van der Waals surface area contributed by atoms with Gasteiger partial charge in [0.2, 0.25) is 0 Å². The monoisotopic (exact) mass is 361 g/mol. The summed E-state index contributed by atoms with van der Waals surface area (Å²) in [5.41, 5.74) is 7.79. The fraction of sp³-hybridized carbons (Fsp3) is 0.0476. The molecule has 6 heteroatoms. The van der Waals surface area contributed by atoms with Gasteiger partial charge in [-0.15, -0.1) is 0 Å². The highest BCUT2D eigenvalue weighted by Crippen LogP contribution is 2.18. The topological polar surface area (TPSA) is 93.5 Å². The number of nitrogens with one attached hydrogen (secondary N) is 2. The van der Waals surface area contributed by atoms with E-state index < -0.39 is 6.03 Å². The van der Waals surface area contributed by atoms with E-state index in [1.165, 1.54) is 0 Å². The van der Waals surface area contributed by atoms with E-state index >= 15 is 0 Å². The molecular weight excluding hydrogens is 342 g/mol. The van der Waals surface area contributed by atoms with Crippen LogP contribution < -0.4 is 21.1 Å². The van der Waals surface area contributed by atoms with E-state index in [1.807, 2.05) is 30.3 Å². The molecule has 0 unspecified atom stereocenters.